The summed E-state index contributed by atoms with van der Waals surface area (Å²) in [5.41, 5.74) is -0.586. The van der Waals surface area contributed by atoms with Crippen LogP contribution in [0.2, 0.25) is 0 Å². The van der Waals surface area contributed by atoms with Crippen LogP contribution in [-0.2, 0) is 4.79 Å². The van der Waals surface area contributed by atoms with E-state index >= 15 is 0 Å². The van der Waals surface area contributed by atoms with Crippen molar-refractivity contribution in [2.24, 2.45) is 17.3 Å². The molecule has 0 aromatic heterocycles. The second-order valence-electron chi connectivity index (χ2n) is 3.83. The Morgan fingerprint density at radius 2 is 2.17 bits per heavy atom. The van der Waals surface area contributed by atoms with Gasteiger partial charge in [-0.15, -0.1) is 0 Å². The second kappa shape index (κ2) is 2.68. The number of carbonyl (C=O) groups is 1. The van der Waals surface area contributed by atoms with Crippen molar-refractivity contribution in [3.8, 4) is 0 Å². The predicted octanol–water partition coefficient (Wildman–Crippen LogP) is 1.65. The maximum atomic E-state index is 12.8. The summed E-state index contributed by atoms with van der Waals surface area (Å²) in [7, 11) is 0. The van der Waals surface area contributed by atoms with Gasteiger partial charge in [0, 0.05) is 5.92 Å². The lowest BCUT2D eigenvalue weighted by atomic mass is 10.1. The number of hydrogen-bond acceptors (Lipinski definition) is 1. The molecule has 0 aromatic rings. The van der Waals surface area contributed by atoms with Gasteiger partial charge in [-0.25, -0.2) is 8.78 Å². The Labute approximate surface area is 69.6 Å². The summed E-state index contributed by atoms with van der Waals surface area (Å²) < 4.78 is 24.7. The summed E-state index contributed by atoms with van der Waals surface area (Å²) in [6.07, 6.45) is -1.62. The molecule has 1 N–H and O–H groups in total. The van der Waals surface area contributed by atoms with Gasteiger partial charge in [-0.3, -0.25) is 4.79 Å². The van der Waals surface area contributed by atoms with Crippen LogP contribution in [0.5, 0.6) is 0 Å². The standard InChI is InChI=1S/C8H12F2O2/c1-8(2)5(4(10)3-9)6(8)7(11)12/h4-6H,3H2,1-2H3,(H,11,12)/t4?,5-,6+/m1/s1. The van der Waals surface area contributed by atoms with Crippen molar-refractivity contribution < 1.29 is 18.7 Å². The number of carboxylic acids is 1. The molecule has 0 amide bonds. The molecule has 12 heavy (non-hydrogen) atoms. The summed E-state index contributed by atoms with van der Waals surface area (Å²) in [5.74, 6) is -2.40. The number of hydrogen-bond donors (Lipinski definition) is 1. The maximum absolute atomic E-state index is 12.8. The first-order valence-electron chi connectivity index (χ1n) is 3.85. The van der Waals surface area contributed by atoms with Crippen LogP contribution < -0.4 is 0 Å². The van der Waals surface area contributed by atoms with E-state index in [1.807, 2.05) is 0 Å². The summed E-state index contributed by atoms with van der Waals surface area (Å²) in [6.45, 7) is 2.22. The minimum atomic E-state index is -1.62. The summed E-state index contributed by atoms with van der Waals surface area (Å²) in [5, 5.41) is 8.61. The average molecular weight is 178 g/mol. The lowest BCUT2D eigenvalue weighted by Crippen LogP contribution is -2.11. The van der Waals surface area contributed by atoms with Crippen molar-refractivity contribution in [1.29, 1.82) is 0 Å². The lowest BCUT2D eigenvalue weighted by molar-refractivity contribution is -0.139. The van der Waals surface area contributed by atoms with E-state index in [-0.39, 0.29) is 0 Å². The van der Waals surface area contributed by atoms with Crippen molar-refractivity contribution in [2.45, 2.75) is 20.0 Å². The first-order chi connectivity index (χ1) is 5.42. The highest BCUT2D eigenvalue weighted by Crippen LogP contribution is 2.60. The Kier molecular flexibility index (Phi) is 2.10. The van der Waals surface area contributed by atoms with Crippen molar-refractivity contribution in [3.63, 3.8) is 0 Å². The van der Waals surface area contributed by atoms with Crippen LogP contribution in [0, 0.1) is 17.3 Å². The molecule has 0 spiro atoms. The van der Waals surface area contributed by atoms with Crippen molar-refractivity contribution in [1.82, 2.24) is 0 Å². The van der Waals surface area contributed by atoms with Crippen LogP contribution in [0.3, 0.4) is 0 Å². The molecule has 4 heteroatoms. The highest BCUT2D eigenvalue weighted by atomic mass is 19.2. The number of rotatable bonds is 3. The van der Waals surface area contributed by atoms with Gasteiger partial charge < -0.3 is 5.11 Å². The molecule has 1 aliphatic carbocycles. The molecule has 3 atom stereocenters. The van der Waals surface area contributed by atoms with E-state index in [0.29, 0.717) is 0 Å². The normalized spacial score (nSPS) is 34.3. The minimum Gasteiger partial charge on any atom is -0.481 e. The molecular weight excluding hydrogens is 166 g/mol. The number of halogens is 2. The van der Waals surface area contributed by atoms with Gasteiger partial charge in [-0.1, -0.05) is 13.8 Å². The van der Waals surface area contributed by atoms with E-state index in [0.717, 1.165) is 0 Å². The Morgan fingerprint density at radius 3 is 2.42 bits per heavy atom. The monoisotopic (exact) mass is 178 g/mol. The molecule has 2 nitrogen and oxygen atoms in total. The SMILES string of the molecule is CC1(C)[C@H](C(=O)O)[C@H]1C(F)CF. The Balaban J connectivity index is 2.66. The highest BCUT2D eigenvalue weighted by Gasteiger charge is 2.65. The fourth-order valence-corrected chi connectivity index (χ4v) is 1.92. The molecule has 1 fully saturated rings. The zero-order valence-electron chi connectivity index (χ0n) is 7.05. The first kappa shape index (κ1) is 9.42. The van der Waals surface area contributed by atoms with E-state index < -0.39 is 36.1 Å². The topological polar surface area (TPSA) is 37.3 Å². The van der Waals surface area contributed by atoms with Crippen LogP contribution in [0.4, 0.5) is 8.78 Å². The Hall–Kier alpha value is -0.670. The van der Waals surface area contributed by atoms with Crippen LogP contribution >= 0.6 is 0 Å². The molecular formula is C8H12F2O2. The molecule has 1 saturated carbocycles. The molecule has 70 valence electrons. The van der Waals surface area contributed by atoms with Gasteiger partial charge >= 0.3 is 5.97 Å². The quantitative estimate of drug-likeness (QED) is 0.713. The number of aliphatic carboxylic acids is 1. The van der Waals surface area contributed by atoms with E-state index in [2.05, 4.69) is 0 Å². The van der Waals surface area contributed by atoms with Crippen LogP contribution in [0.15, 0.2) is 0 Å². The van der Waals surface area contributed by atoms with Crippen molar-refractivity contribution >= 4 is 5.97 Å². The molecule has 0 saturated heterocycles. The van der Waals surface area contributed by atoms with Gasteiger partial charge in [0.05, 0.1) is 5.92 Å². The molecule has 0 radical (unpaired) electrons. The fourth-order valence-electron chi connectivity index (χ4n) is 1.92. The van der Waals surface area contributed by atoms with E-state index in [1.165, 1.54) is 0 Å². The zero-order valence-corrected chi connectivity index (χ0v) is 7.05. The smallest absolute Gasteiger partial charge is 0.307 e. The molecule has 1 rings (SSSR count). The first-order valence-corrected chi connectivity index (χ1v) is 3.85. The van der Waals surface area contributed by atoms with Crippen LogP contribution in [-0.4, -0.2) is 23.9 Å². The zero-order chi connectivity index (χ0) is 9.52. The van der Waals surface area contributed by atoms with Crippen LogP contribution in [0.1, 0.15) is 13.8 Å². The number of carboxylic acid groups (broad SMARTS) is 1. The molecule has 1 aliphatic rings. The second-order valence-corrected chi connectivity index (χ2v) is 3.83. The predicted molar refractivity (Wildman–Crippen MR) is 39.3 cm³/mol. The lowest BCUT2D eigenvalue weighted by Gasteiger charge is -2.03. The summed E-state index contributed by atoms with van der Waals surface area (Å²) in [6, 6.07) is 0. The summed E-state index contributed by atoms with van der Waals surface area (Å²) >= 11 is 0. The van der Waals surface area contributed by atoms with Gasteiger partial charge in [0.25, 0.3) is 0 Å². The Bertz CT molecular complexity index is 203. The van der Waals surface area contributed by atoms with Gasteiger partial charge in [0.2, 0.25) is 0 Å². The van der Waals surface area contributed by atoms with Gasteiger partial charge in [-0.2, -0.15) is 0 Å². The molecule has 0 bridgehead atoms. The van der Waals surface area contributed by atoms with Gasteiger partial charge in [0.1, 0.15) is 12.8 Å². The highest BCUT2D eigenvalue weighted by molar-refractivity contribution is 5.75. The molecule has 0 aromatic carbocycles. The third-order valence-electron chi connectivity index (χ3n) is 2.71. The van der Waals surface area contributed by atoms with Gasteiger partial charge in [-0.05, 0) is 5.41 Å². The van der Waals surface area contributed by atoms with Gasteiger partial charge in [0.15, 0.2) is 0 Å². The van der Waals surface area contributed by atoms with E-state index in [4.69, 9.17) is 5.11 Å². The largest absolute Gasteiger partial charge is 0.481 e. The minimum absolute atomic E-state index is 0.586. The van der Waals surface area contributed by atoms with E-state index in [9.17, 15) is 13.6 Å². The van der Waals surface area contributed by atoms with Crippen molar-refractivity contribution in [2.75, 3.05) is 6.67 Å². The maximum Gasteiger partial charge on any atom is 0.307 e. The van der Waals surface area contributed by atoms with Crippen LogP contribution in [0.25, 0.3) is 0 Å². The third kappa shape index (κ3) is 1.19. The molecule has 0 aliphatic heterocycles. The fraction of sp³-hybridized carbons (Fsp3) is 0.875. The number of alkyl halides is 2. The van der Waals surface area contributed by atoms with Crippen molar-refractivity contribution in [3.05, 3.63) is 0 Å². The summed E-state index contributed by atoms with van der Waals surface area (Å²) in [4.78, 5) is 10.5. The van der Waals surface area contributed by atoms with E-state index in [1.54, 1.807) is 13.8 Å². The average Bonchev–Trinajstić information content (AvgIpc) is 2.52. The molecule has 1 unspecified atom stereocenters. The Morgan fingerprint density at radius 1 is 1.67 bits per heavy atom. The molecule has 0 heterocycles. The third-order valence-corrected chi connectivity index (χ3v) is 2.71.